The fourth-order valence-corrected chi connectivity index (χ4v) is 4.39. The highest BCUT2D eigenvalue weighted by Gasteiger charge is 2.38. The Labute approximate surface area is 132 Å². The number of hydrogen-bond donors (Lipinski definition) is 1. The van der Waals surface area contributed by atoms with Gasteiger partial charge in [0.2, 0.25) is 0 Å². The first-order chi connectivity index (χ1) is 10.1. The van der Waals surface area contributed by atoms with Crippen molar-refractivity contribution in [1.82, 2.24) is 0 Å². The number of thioether (sulfide) groups is 1. The molecule has 0 unspecified atom stereocenters. The standard InChI is InChI=1S/C17H25N3S/c1-13-8-10-17(11-9-13)12-21-16(19-17)18-14-6-4-5-7-15(14)20(2)3/h4-7,13H,8-12H2,1-3H3,(H,18,19). The van der Waals surface area contributed by atoms with E-state index in [2.05, 4.69) is 55.5 Å². The lowest BCUT2D eigenvalue weighted by molar-refractivity contribution is 0.273. The van der Waals surface area contributed by atoms with Gasteiger partial charge >= 0.3 is 0 Å². The number of benzene rings is 1. The van der Waals surface area contributed by atoms with E-state index in [-0.39, 0.29) is 5.54 Å². The maximum atomic E-state index is 5.06. The average Bonchev–Trinajstić information content (AvgIpc) is 2.86. The molecule has 21 heavy (non-hydrogen) atoms. The Hall–Kier alpha value is -1.16. The van der Waals surface area contributed by atoms with Crippen LogP contribution in [-0.2, 0) is 0 Å². The molecule has 1 N–H and O–H groups in total. The van der Waals surface area contributed by atoms with E-state index < -0.39 is 0 Å². The quantitative estimate of drug-likeness (QED) is 0.886. The molecule has 1 aliphatic heterocycles. The molecule has 1 fully saturated rings. The maximum absolute atomic E-state index is 5.06. The van der Waals surface area contributed by atoms with Crippen LogP contribution in [0.1, 0.15) is 32.6 Å². The molecule has 1 spiro atoms. The third-order valence-electron chi connectivity index (χ3n) is 4.65. The summed E-state index contributed by atoms with van der Waals surface area (Å²) in [4.78, 5) is 7.20. The minimum absolute atomic E-state index is 0.215. The van der Waals surface area contributed by atoms with Crippen molar-refractivity contribution in [3.8, 4) is 0 Å². The zero-order chi connectivity index (χ0) is 14.9. The molecule has 114 valence electrons. The second-order valence-electron chi connectivity index (χ2n) is 6.65. The number of hydrogen-bond acceptors (Lipinski definition) is 4. The Bertz CT molecular complexity index is 531. The number of amidine groups is 1. The van der Waals surface area contributed by atoms with Gasteiger partial charge in [-0.05, 0) is 43.7 Å². The fraction of sp³-hybridized carbons (Fsp3) is 0.588. The first-order valence-electron chi connectivity index (χ1n) is 7.84. The van der Waals surface area contributed by atoms with Crippen LogP contribution < -0.4 is 10.2 Å². The third kappa shape index (κ3) is 3.20. The van der Waals surface area contributed by atoms with Crippen molar-refractivity contribution >= 4 is 28.3 Å². The Balaban J connectivity index is 1.75. The molecular formula is C17H25N3S. The van der Waals surface area contributed by atoms with Crippen LogP contribution in [0.4, 0.5) is 11.4 Å². The van der Waals surface area contributed by atoms with Crippen LogP contribution in [-0.4, -0.2) is 30.6 Å². The second kappa shape index (κ2) is 5.91. The minimum atomic E-state index is 0.215. The molecule has 0 saturated heterocycles. The van der Waals surface area contributed by atoms with Crippen LogP contribution in [0.2, 0.25) is 0 Å². The largest absolute Gasteiger partial charge is 0.376 e. The summed E-state index contributed by atoms with van der Waals surface area (Å²) in [5.74, 6) is 2.02. The number of nitrogens with one attached hydrogen (secondary N) is 1. The summed E-state index contributed by atoms with van der Waals surface area (Å²) in [6.45, 7) is 2.37. The molecule has 2 aliphatic rings. The van der Waals surface area contributed by atoms with E-state index in [1.54, 1.807) is 0 Å². The monoisotopic (exact) mass is 303 g/mol. The van der Waals surface area contributed by atoms with Crippen LogP contribution in [0.15, 0.2) is 29.3 Å². The number of anilines is 2. The van der Waals surface area contributed by atoms with Crippen LogP contribution in [0.3, 0.4) is 0 Å². The van der Waals surface area contributed by atoms with Crippen molar-refractivity contribution in [2.45, 2.75) is 38.1 Å². The molecule has 3 rings (SSSR count). The molecule has 3 nitrogen and oxygen atoms in total. The summed E-state index contributed by atoms with van der Waals surface area (Å²) in [5, 5.41) is 4.64. The lowest BCUT2D eigenvalue weighted by atomic mass is 9.79. The Morgan fingerprint density at radius 1 is 1.24 bits per heavy atom. The van der Waals surface area contributed by atoms with Crippen LogP contribution in [0, 0.1) is 5.92 Å². The number of para-hydroxylation sites is 2. The van der Waals surface area contributed by atoms with Crippen LogP contribution in [0.5, 0.6) is 0 Å². The Morgan fingerprint density at radius 2 is 1.95 bits per heavy atom. The molecular weight excluding hydrogens is 278 g/mol. The Kier molecular flexibility index (Phi) is 4.16. The van der Waals surface area contributed by atoms with Crippen molar-refractivity contribution in [3.63, 3.8) is 0 Å². The summed E-state index contributed by atoms with van der Waals surface area (Å²) in [6.07, 6.45) is 5.15. The van der Waals surface area contributed by atoms with Crippen molar-refractivity contribution in [2.24, 2.45) is 10.9 Å². The first-order valence-corrected chi connectivity index (χ1v) is 8.83. The predicted octanol–water partition coefficient (Wildman–Crippen LogP) is 4.22. The molecule has 0 aromatic heterocycles. The Morgan fingerprint density at radius 3 is 2.67 bits per heavy atom. The summed E-state index contributed by atoms with van der Waals surface area (Å²) in [6, 6.07) is 8.43. The van der Waals surface area contributed by atoms with E-state index in [4.69, 9.17) is 4.99 Å². The van der Waals surface area contributed by atoms with Crippen LogP contribution in [0.25, 0.3) is 0 Å². The van der Waals surface area contributed by atoms with Gasteiger partial charge in [-0.25, -0.2) is 0 Å². The third-order valence-corrected chi connectivity index (χ3v) is 5.80. The molecule has 1 heterocycles. The van der Waals surface area contributed by atoms with Gasteiger partial charge in [0, 0.05) is 19.8 Å². The molecule has 1 aromatic carbocycles. The highest BCUT2D eigenvalue weighted by Crippen LogP contribution is 2.42. The van der Waals surface area contributed by atoms with Crippen LogP contribution >= 0.6 is 11.8 Å². The topological polar surface area (TPSA) is 27.6 Å². The van der Waals surface area contributed by atoms with Crippen molar-refractivity contribution in [3.05, 3.63) is 24.3 Å². The molecule has 1 aromatic rings. The lowest BCUT2D eigenvalue weighted by Gasteiger charge is -2.32. The molecule has 1 saturated carbocycles. The predicted molar refractivity (Wildman–Crippen MR) is 94.6 cm³/mol. The van der Waals surface area contributed by atoms with E-state index in [0.717, 1.165) is 22.5 Å². The van der Waals surface area contributed by atoms with Gasteiger partial charge in [-0.1, -0.05) is 30.8 Å². The van der Waals surface area contributed by atoms with Gasteiger partial charge < -0.3 is 10.2 Å². The summed E-state index contributed by atoms with van der Waals surface area (Å²) in [7, 11) is 4.16. The summed E-state index contributed by atoms with van der Waals surface area (Å²) in [5.41, 5.74) is 2.57. The van der Waals surface area contributed by atoms with Gasteiger partial charge in [0.1, 0.15) is 0 Å². The molecule has 0 bridgehead atoms. The maximum Gasteiger partial charge on any atom is 0.161 e. The summed E-state index contributed by atoms with van der Waals surface area (Å²) < 4.78 is 0. The van der Waals surface area contributed by atoms with Gasteiger partial charge in [0.15, 0.2) is 5.17 Å². The average molecular weight is 303 g/mol. The normalized spacial score (nSPS) is 28.5. The zero-order valence-corrected chi connectivity index (χ0v) is 14.0. The SMILES string of the molecule is CC1CCC2(CC1)CSC(Nc1ccccc1N(C)C)=N2. The number of aliphatic imine (C=N–C) groups is 1. The molecule has 1 aliphatic carbocycles. The minimum Gasteiger partial charge on any atom is -0.376 e. The van der Waals surface area contributed by atoms with Crippen molar-refractivity contribution in [2.75, 3.05) is 30.1 Å². The van der Waals surface area contributed by atoms with E-state index in [9.17, 15) is 0 Å². The van der Waals surface area contributed by atoms with E-state index in [0.29, 0.717) is 0 Å². The highest BCUT2D eigenvalue weighted by atomic mass is 32.2. The molecule has 0 radical (unpaired) electrons. The van der Waals surface area contributed by atoms with E-state index >= 15 is 0 Å². The van der Waals surface area contributed by atoms with Gasteiger partial charge in [-0.2, -0.15) is 0 Å². The number of rotatable bonds is 2. The smallest absolute Gasteiger partial charge is 0.161 e. The molecule has 4 heteroatoms. The van der Waals surface area contributed by atoms with E-state index in [1.807, 2.05) is 11.8 Å². The first kappa shape index (κ1) is 14.8. The second-order valence-corrected chi connectivity index (χ2v) is 7.61. The highest BCUT2D eigenvalue weighted by molar-refractivity contribution is 8.14. The van der Waals surface area contributed by atoms with Gasteiger partial charge in [-0.3, -0.25) is 4.99 Å². The summed E-state index contributed by atoms with van der Waals surface area (Å²) >= 11 is 1.88. The van der Waals surface area contributed by atoms with E-state index in [1.165, 1.54) is 31.4 Å². The molecule has 0 amide bonds. The number of nitrogens with zero attached hydrogens (tertiary/aromatic N) is 2. The van der Waals surface area contributed by atoms with Crippen molar-refractivity contribution < 1.29 is 0 Å². The van der Waals surface area contributed by atoms with Crippen molar-refractivity contribution in [1.29, 1.82) is 0 Å². The van der Waals surface area contributed by atoms with Gasteiger partial charge in [0.25, 0.3) is 0 Å². The molecule has 0 atom stereocenters. The zero-order valence-electron chi connectivity index (χ0n) is 13.2. The fourth-order valence-electron chi connectivity index (χ4n) is 3.19. The van der Waals surface area contributed by atoms with Gasteiger partial charge in [-0.15, -0.1) is 0 Å². The van der Waals surface area contributed by atoms with Gasteiger partial charge in [0.05, 0.1) is 16.9 Å². The lowest BCUT2D eigenvalue weighted by Crippen LogP contribution is -2.32.